The minimum atomic E-state index is -3.65. The molecule has 2 aromatic carbocycles. The molecule has 0 N–H and O–H groups in total. The lowest BCUT2D eigenvalue weighted by atomic mass is 10.1. The van der Waals surface area contributed by atoms with E-state index in [1.807, 2.05) is 6.07 Å². The van der Waals surface area contributed by atoms with Gasteiger partial charge < -0.3 is 4.74 Å². The van der Waals surface area contributed by atoms with Crippen LogP contribution in [0.4, 0.5) is 0 Å². The summed E-state index contributed by atoms with van der Waals surface area (Å²) >= 11 is 13.5. The summed E-state index contributed by atoms with van der Waals surface area (Å²) in [6.45, 7) is 1.43. The van der Waals surface area contributed by atoms with Gasteiger partial charge in [-0.1, -0.05) is 59.9 Å². The fourth-order valence-electron chi connectivity index (χ4n) is 4.72. The van der Waals surface area contributed by atoms with Gasteiger partial charge in [-0.2, -0.15) is 4.31 Å². The first-order valence-electron chi connectivity index (χ1n) is 12.1. The van der Waals surface area contributed by atoms with E-state index in [0.29, 0.717) is 58.5 Å². The van der Waals surface area contributed by atoms with Crippen molar-refractivity contribution in [1.82, 2.24) is 19.1 Å². The maximum absolute atomic E-state index is 13.2. The highest BCUT2D eigenvalue weighted by atomic mass is 35.5. The topological polar surface area (TPSA) is 94.4 Å². The molecule has 0 radical (unpaired) electrons. The molecule has 0 amide bonds. The molecule has 1 aliphatic carbocycles. The summed E-state index contributed by atoms with van der Waals surface area (Å²) in [4.78, 5) is 13.1. The minimum absolute atomic E-state index is 0.132. The second kappa shape index (κ2) is 11.4. The van der Waals surface area contributed by atoms with Crippen molar-refractivity contribution in [3.63, 3.8) is 0 Å². The lowest BCUT2D eigenvalue weighted by molar-refractivity contribution is 0.0730. The van der Waals surface area contributed by atoms with Gasteiger partial charge in [0.25, 0.3) is 0 Å². The van der Waals surface area contributed by atoms with Crippen LogP contribution in [-0.4, -0.2) is 65.3 Å². The Kier molecular flexibility index (Phi) is 8.23. The number of ketones is 1. The van der Waals surface area contributed by atoms with Crippen LogP contribution >= 0.6 is 35.0 Å². The number of rotatable bonds is 8. The zero-order chi connectivity index (χ0) is 26.0. The quantitative estimate of drug-likeness (QED) is 0.261. The molecular weight excluding hydrogens is 555 g/mol. The van der Waals surface area contributed by atoms with Gasteiger partial charge in [-0.15, -0.1) is 10.2 Å². The molecule has 8 nitrogen and oxygen atoms in total. The molecule has 2 heterocycles. The fourth-order valence-corrected chi connectivity index (χ4v) is 7.58. The number of carbonyl (C=O) groups is 1. The highest BCUT2D eigenvalue weighted by Crippen LogP contribution is 2.37. The maximum Gasteiger partial charge on any atom is 0.243 e. The number of ether oxygens (including phenoxy) is 1. The van der Waals surface area contributed by atoms with Crippen LogP contribution < -0.4 is 0 Å². The molecule has 5 rings (SSSR count). The Morgan fingerprint density at radius 3 is 2.54 bits per heavy atom. The van der Waals surface area contributed by atoms with E-state index in [-0.39, 0.29) is 22.5 Å². The molecule has 0 spiro atoms. The number of hydrogen-bond donors (Lipinski definition) is 0. The van der Waals surface area contributed by atoms with Crippen LogP contribution in [0.3, 0.4) is 0 Å². The van der Waals surface area contributed by atoms with E-state index >= 15 is 0 Å². The Hall–Kier alpha value is -1.95. The smallest absolute Gasteiger partial charge is 0.243 e. The van der Waals surface area contributed by atoms with Crippen LogP contribution in [0.2, 0.25) is 10.0 Å². The number of halogens is 2. The molecule has 2 aliphatic rings. The predicted molar refractivity (Wildman–Crippen MR) is 144 cm³/mol. The number of thioether (sulfide) groups is 1. The van der Waals surface area contributed by atoms with Crippen LogP contribution in [0, 0.1) is 0 Å². The van der Waals surface area contributed by atoms with Crippen LogP contribution in [0.15, 0.2) is 52.5 Å². The first-order valence-corrected chi connectivity index (χ1v) is 15.3. The van der Waals surface area contributed by atoms with E-state index in [1.54, 1.807) is 36.4 Å². The molecule has 3 aromatic rings. The van der Waals surface area contributed by atoms with E-state index in [1.165, 1.54) is 16.1 Å². The number of Topliss-reactive ketones (excluding diaryl/α,β-unsaturated/α-hetero) is 1. The Labute approximate surface area is 230 Å². The zero-order valence-corrected chi connectivity index (χ0v) is 23.1. The number of sulfonamides is 1. The summed E-state index contributed by atoms with van der Waals surface area (Å²) < 4.78 is 35.3. The van der Waals surface area contributed by atoms with Crippen molar-refractivity contribution in [1.29, 1.82) is 0 Å². The van der Waals surface area contributed by atoms with Gasteiger partial charge >= 0.3 is 0 Å². The summed E-state index contributed by atoms with van der Waals surface area (Å²) in [6, 6.07) is 11.8. The molecule has 2 fully saturated rings. The molecule has 1 aromatic heterocycles. The van der Waals surface area contributed by atoms with E-state index in [9.17, 15) is 13.2 Å². The molecule has 37 heavy (non-hydrogen) atoms. The normalized spacial score (nSPS) is 17.4. The summed E-state index contributed by atoms with van der Waals surface area (Å²) in [5.74, 6) is 0.607. The van der Waals surface area contributed by atoms with Crippen molar-refractivity contribution in [3.8, 4) is 11.4 Å². The molecule has 0 atom stereocenters. The minimum Gasteiger partial charge on any atom is -0.379 e. The van der Waals surface area contributed by atoms with Crippen molar-refractivity contribution in [3.05, 3.63) is 58.1 Å². The van der Waals surface area contributed by atoms with Crippen molar-refractivity contribution in [2.24, 2.45) is 0 Å². The van der Waals surface area contributed by atoms with Crippen LogP contribution in [0.5, 0.6) is 0 Å². The second-order valence-electron chi connectivity index (χ2n) is 8.99. The highest BCUT2D eigenvalue weighted by Gasteiger charge is 2.29. The van der Waals surface area contributed by atoms with Gasteiger partial charge in [0, 0.05) is 35.3 Å². The van der Waals surface area contributed by atoms with Gasteiger partial charge in [0.05, 0.1) is 28.9 Å². The van der Waals surface area contributed by atoms with Crippen molar-refractivity contribution in [2.45, 2.75) is 41.8 Å². The molecule has 1 aliphatic heterocycles. The standard InChI is InChI=1S/C25H26Cl2N4O4S2/c26-18-8-9-21(22(27)15-18)23(32)16-36-25-29-28-24(31(25)19-5-1-2-6-19)17-4-3-7-20(14-17)37(33,34)30-10-12-35-13-11-30/h3-4,7-9,14-15,19H,1-2,5-6,10-13,16H2. The lowest BCUT2D eigenvalue weighted by Gasteiger charge is -2.26. The number of hydrogen-bond acceptors (Lipinski definition) is 7. The molecule has 0 unspecified atom stereocenters. The fraction of sp³-hybridized carbons (Fsp3) is 0.400. The number of carbonyl (C=O) groups excluding carboxylic acids is 1. The Morgan fingerprint density at radius 2 is 1.81 bits per heavy atom. The van der Waals surface area contributed by atoms with E-state index < -0.39 is 10.0 Å². The third-order valence-electron chi connectivity index (χ3n) is 6.62. The maximum atomic E-state index is 13.2. The largest absolute Gasteiger partial charge is 0.379 e. The van der Waals surface area contributed by atoms with E-state index in [2.05, 4.69) is 14.8 Å². The highest BCUT2D eigenvalue weighted by molar-refractivity contribution is 7.99. The Morgan fingerprint density at radius 1 is 1.05 bits per heavy atom. The molecule has 12 heteroatoms. The monoisotopic (exact) mass is 580 g/mol. The molecule has 0 bridgehead atoms. The predicted octanol–water partition coefficient (Wildman–Crippen LogP) is 5.36. The molecular formula is C25H26Cl2N4O4S2. The summed E-state index contributed by atoms with van der Waals surface area (Å²) in [7, 11) is -3.65. The molecule has 1 saturated heterocycles. The third kappa shape index (κ3) is 5.74. The van der Waals surface area contributed by atoms with Crippen molar-refractivity contribution in [2.75, 3.05) is 32.1 Å². The Bertz CT molecular complexity index is 1400. The zero-order valence-electron chi connectivity index (χ0n) is 20.0. The summed E-state index contributed by atoms with van der Waals surface area (Å²) in [5.41, 5.74) is 1.08. The van der Waals surface area contributed by atoms with E-state index in [4.69, 9.17) is 27.9 Å². The van der Waals surface area contributed by atoms with Gasteiger partial charge in [0.15, 0.2) is 16.8 Å². The SMILES string of the molecule is O=C(CSc1nnc(-c2cccc(S(=O)(=O)N3CCOCC3)c2)n1C1CCCC1)c1ccc(Cl)cc1Cl. The van der Waals surface area contributed by atoms with Crippen LogP contribution in [-0.2, 0) is 14.8 Å². The average molecular weight is 582 g/mol. The molecule has 196 valence electrons. The summed E-state index contributed by atoms with van der Waals surface area (Å²) in [5, 5.41) is 10.3. The number of nitrogens with zero attached hydrogens (tertiary/aromatic N) is 4. The van der Waals surface area contributed by atoms with Crippen molar-refractivity contribution < 1.29 is 17.9 Å². The van der Waals surface area contributed by atoms with Gasteiger partial charge in [-0.05, 0) is 43.2 Å². The molecule has 1 saturated carbocycles. The first kappa shape index (κ1) is 26.6. The Balaban J connectivity index is 1.44. The van der Waals surface area contributed by atoms with E-state index in [0.717, 1.165) is 25.7 Å². The second-order valence-corrected chi connectivity index (χ2v) is 12.7. The first-order chi connectivity index (χ1) is 17.8. The average Bonchev–Trinajstić information content (AvgIpc) is 3.58. The number of aromatic nitrogens is 3. The summed E-state index contributed by atoms with van der Waals surface area (Å²) in [6.07, 6.45) is 4.14. The van der Waals surface area contributed by atoms with Gasteiger partial charge in [0.2, 0.25) is 10.0 Å². The van der Waals surface area contributed by atoms with Crippen LogP contribution in [0.1, 0.15) is 42.1 Å². The van der Waals surface area contributed by atoms with Gasteiger partial charge in [-0.25, -0.2) is 8.42 Å². The van der Waals surface area contributed by atoms with Crippen LogP contribution in [0.25, 0.3) is 11.4 Å². The third-order valence-corrected chi connectivity index (χ3v) is 10.0. The lowest BCUT2D eigenvalue weighted by Crippen LogP contribution is -2.40. The van der Waals surface area contributed by atoms with Gasteiger partial charge in [-0.3, -0.25) is 9.36 Å². The van der Waals surface area contributed by atoms with Crippen molar-refractivity contribution >= 4 is 50.8 Å². The van der Waals surface area contributed by atoms with Gasteiger partial charge in [0.1, 0.15) is 0 Å². The number of morpholine rings is 1. The number of benzene rings is 2.